The second kappa shape index (κ2) is 3.74. The molecule has 0 aliphatic heterocycles. The molecule has 0 heterocycles. The Balaban J connectivity index is 3.30. The molecule has 0 saturated heterocycles. The highest BCUT2D eigenvalue weighted by atomic mass is 127. The van der Waals surface area contributed by atoms with Crippen molar-refractivity contribution >= 4 is 32.4 Å². The van der Waals surface area contributed by atoms with Gasteiger partial charge in [-0.15, -0.1) is 0 Å². The van der Waals surface area contributed by atoms with Crippen molar-refractivity contribution in [2.24, 2.45) is 0 Å². The largest absolute Gasteiger partial charge is 0.223 e. The molecule has 0 aliphatic carbocycles. The lowest BCUT2D eigenvalue weighted by molar-refractivity contribution is 0.601. The van der Waals surface area contributed by atoms with Gasteiger partial charge in [0.25, 0.3) is 0 Å². The minimum absolute atomic E-state index is 0.135. The van der Waals surface area contributed by atoms with E-state index in [1.807, 2.05) is 28.7 Å². The zero-order valence-corrected chi connectivity index (χ0v) is 9.59. The molecule has 12 heavy (non-hydrogen) atoms. The topological polar surface area (TPSA) is 34.1 Å². The van der Waals surface area contributed by atoms with E-state index >= 15 is 0 Å². The van der Waals surface area contributed by atoms with Gasteiger partial charge in [-0.1, -0.05) is 40.8 Å². The summed E-state index contributed by atoms with van der Waals surface area (Å²) in [4.78, 5) is 0.444. The molecule has 0 bridgehead atoms. The Labute approximate surface area is 86.0 Å². The van der Waals surface area contributed by atoms with Crippen LogP contribution in [0.2, 0.25) is 0 Å². The smallest absolute Gasteiger partial charge is 0.187 e. The highest BCUT2D eigenvalue weighted by Gasteiger charge is 2.13. The fourth-order valence-corrected chi connectivity index (χ4v) is 2.93. The van der Waals surface area contributed by atoms with Crippen molar-refractivity contribution < 1.29 is 8.42 Å². The lowest BCUT2D eigenvalue weighted by Gasteiger charge is -2.02. The zero-order valence-electron chi connectivity index (χ0n) is 6.62. The molecule has 0 unspecified atom stereocenters. The normalized spacial score (nSPS) is 11.5. The molecule has 1 rings (SSSR count). The molecule has 0 spiro atoms. The van der Waals surface area contributed by atoms with Crippen molar-refractivity contribution in [1.82, 2.24) is 0 Å². The maximum Gasteiger partial charge on any atom is 0.187 e. The Kier molecular flexibility index (Phi) is 3.11. The minimum atomic E-state index is -3.04. The Morgan fingerprint density at radius 1 is 1.33 bits per heavy atom. The first kappa shape index (κ1) is 9.98. The lowest BCUT2D eigenvalue weighted by atomic mass is 10.2. The number of rotatable bonds is 2. The van der Waals surface area contributed by atoms with Crippen LogP contribution in [0.5, 0.6) is 0 Å². The first-order valence-electron chi connectivity index (χ1n) is 3.42. The highest BCUT2D eigenvalue weighted by Crippen LogP contribution is 2.17. The summed E-state index contributed by atoms with van der Waals surface area (Å²) in [6, 6.07) is 7.02. The van der Waals surface area contributed by atoms with Gasteiger partial charge >= 0.3 is 0 Å². The monoisotopic (exact) mass is 296 g/mol. The zero-order chi connectivity index (χ0) is 9.19. The van der Waals surface area contributed by atoms with Crippen LogP contribution in [0.15, 0.2) is 29.2 Å². The van der Waals surface area contributed by atoms with Gasteiger partial charge in [0.2, 0.25) is 0 Å². The van der Waals surface area contributed by atoms with Crippen LogP contribution < -0.4 is 0 Å². The number of alkyl halides is 1. The van der Waals surface area contributed by atoms with Crippen LogP contribution in [-0.4, -0.2) is 12.2 Å². The molecule has 66 valence electrons. The molecule has 1 aromatic carbocycles. The summed E-state index contributed by atoms with van der Waals surface area (Å²) in [6.45, 7) is 1.80. The van der Waals surface area contributed by atoms with E-state index < -0.39 is 9.84 Å². The summed E-state index contributed by atoms with van der Waals surface area (Å²) >= 11 is 1.86. The van der Waals surface area contributed by atoms with Gasteiger partial charge in [-0.3, -0.25) is 0 Å². The first-order valence-corrected chi connectivity index (χ1v) is 6.60. The number of benzene rings is 1. The number of hydrogen-bond acceptors (Lipinski definition) is 2. The molecule has 0 N–H and O–H groups in total. The average Bonchev–Trinajstić information content (AvgIpc) is 2.05. The van der Waals surface area contributed by atoms with Crippen LogP contribution in [0.4, 0.5) is 0 Å². The fraction of sp³-hybridized carbons (Fsp3) is 0.250. The van der Waals surface area contributed by atoms with Crippen molar-refractivity contribution in [2.45, 2.75) is 11.8 Å². The van der Waals surface area contributed by atoms with E-state index in [0.29, 0.717) is 4.90 Å². The molecule has 4 heteroatoms. The third-order valence-electron chi connectivity index (χ3n) is 1.57. The van der Waals surface area contributed by atoms with Crippen LogP contribution in [-0.2, 0) is 9.84 Å². The SMILES string of the molecule is Cc1ccccc1S(=O)(=O)CI. The third kappa shape index (κ3) is 1.98. The maximum absolute atomic E-state index is 11.4. The number of sulfone groups is 1. The molecule has 0 saturated carbocycles. The minimum Gasteiger partial charge on any atom is -0.223 e. The predicted octanol–water partition coefficient (Wildman–Crippen LogP) is 2.16. The number of aryl methyl sites for hydroxylation is 1. The van der Waals surface area contributed by atoms with Crippen LogP contribution in [0.3, 0.4) is 0 Å². The van der Waals surface area contributed by atoms with Crippen molar-refractivity contribution in [2.75, 3.05) is 3.76 Å². The van der Waals surface area contributed by atoms with Crippen molar-refractivity contribution in [3.63, 3.8) is 0 Å². The molecular formula is C8H9IO2S. The Morgan fingerprint density at radius 3 is 2.42 bits per heavy atom. The molecule has 1 aromatic rings. The van der Waals surface area contributed by atoms with Gasteiger partial charge in [0.05, 0.1) is 4.90 Å². The van der Waals surface area contributed by atoms with Gasteiger partial charge in [0.15, 0.2) is 9.84 Å². The Bertz CT molecular complexity index is 370. The van der Waals surface area contributed by atoms with E-state index in [2.05, 4.69) is 0 Å². The fourth-order valence-electron chi connectivity index (χ4n) is 0.964. The Morgan fingerprint density at radius 2 is 1.92 bits per heavy atom. The second-order valence-corrected chi connectivity index (χ2v) is 6.25. The van der Waals surface area contributed by atoms with Gasteiger partial charge in [0, 0.05) is 0 Å². The van der Waals surface area contributed by atoms with E-state index in [0.717, 1.165) is 5.56 Å². The standard InChI is InChI=1S/C8H9IO2S/c1-7-4-2-3-5-8(7)12(10,11)6-9/h2-5H,6H2,1H3. The number of hydrogen-bond donors (Lipinski definition) is 0. The van der Waals surface area contributed by atoms with Crippen molar-refractivity contribution in [3.8, 4) is 0 Å². The maximum atomic E-state index is 11.4. The summed E-state index contributed by atoms with van der Waals surface area (Å²) in [6.07, 6.45) is 0. The second-order valence-electron chi connectivity index (χ2n) is 2.49. The quantitative estimate of drug-likeness (QED) is 0.619. The van der Waals surface area contributed by atoms with E-state index in [1.54, 1.807) is 25.1 Å². The Hall–Kier alpha value is -0.100. The van der Waals surface area contributed by atoms with E-state index in [1.165, 1.54) is 0 Å². The molecule has 0 fully saturated rings. The van der Waals surface area contributed by atoms with Crippen LogP contribution in [0.1, 0.15) is 5.56 Å². The highest BCUT2D eigenvalue weighted by molar-refractivity contribution is 14.1. The predicted molar refractivity (Wildman–Crippen MR) is 57.3 cm³/mol. The summed E-state index contributed by atoms with van der Waals surface area (Å²) in [7, 11) is -3.04. The van der Waals surface area contributed by atoms with E-state index in [-0.39, 0.29) is 3.76 Å². The van der Waals surface area contributed by atoms with E-state index in [4.69, 9.17) is 0 Å². The first-order chi connectivity index (χ1) is 5.58. The molecule has 0 amide bonds. The molecule has 0 aliphatic rings. The molecule has 0 atom stereocenters. The molecule has 0 radical (unpaired) electrons. The lowest BCUT2D eigenvalue weighted by Crippen LogP contribution is -2.03. The third-order valence-corrected chi connectivity index (χ3v) is 5.45. The summed E-state index contributed by atoms with van der Waals surface area (Å²) in [5.74, 6) is 0. The van der Waals surface area contributed by atoms with E-state index in [9.17, 15) is 8.42 Å². The molecule has 0 aromatic heterocycles. The average molecular weight is 296 g/mol. The van der Waals surface area contributed by atoms with Crippen molar-refractivity contribution in [3.05, 3.63) is 29.8 Å². The molecular weight excluding hydrogens is 287 g/mol. The number of halogens is 1. The van der Waals surface area contributed by atoms with Gasteiger partial charge < -0.3 is 0 Å². The van der Waals surface area contributed by atoms with Crippen LogP contribution in [0, 0.1) is 6.92 Å². The molecule has 2 nitrogen and oxygen atoms in total. The van der Waals surface area contributed by atoms with Gasteiger partial charge in [-0.2, -0.15) is 0 Å². The van der Waals surface area contributed by atoms with Gasteiger partial charge in [0.1, 0.15) is 3.76 Å². The summed E-state index contributed by atoms with van der Waals surface area (Å²) in [5.41, 5.74) is 0.814. The van der Waals surface area contributed by atoms with Crippen LogP contribution in [0.25, 0.3) is 0 Å². The van der Waals surface area contributed by atoms with Gasteiger partial charge in [-0.05, 0) is 18.6 Å². The summed E-state index contributed by atoms with van der Waals surface area (Å²) < 4.78 is 23.0. The summed E-state index contributed by atoms with van der Waals surface area (Å²) in [5, 5.41) is 0. The van der Waals surface area contributed by atoms with Gasteiger partial charge in [-0.25, -0.2) is 8.42 Å². The van der Waals surface area contributed by atoms with Crippen molar-refractivity contribution in [1.29, 1.82) is 0 Å². The van der Waals surface area contributed by atoms with Crippen LogP contribution >= 0.6 is 22.6 Å².